The summed E-state index contributed by atoms with van der Waals surface area (Å²) in [4.78, 5) is 23.9. The van der Waals surface area contributed by atoms with E-state index in [-0.39, 0.29) is 18.4 Å². The Morgan fingerprint density at radius 3 is 2.82 bits per heavy atom. The predicted molar refractivity (Wildman–Crippen MR) is 63.5 cm³/mol. The number of unbranched alkanes of at least 4 members (excludes halogenated alkanes) is 2. The van der Waals surface area contributed by atoms with Crippen molar-refractivity contribution in [2.75, 3.05) is 13.2 Å². The van der Waals surface area contributed by atoms with E-state index >= 15 is 0 Å². The van der Waals surface area contributed by atoms with Gasteiger partial charge in [0.25, 0.3) is 0 Å². The molecule has 4 nitrogen and oxygen atoms in total. The van der Waals surface area contributed by atoms with Crippen molar-refractivity contribution in [3.63, 3.8) is 0 Å². The van der Waals surface area contributed by atoms with E-state index in [0.717, 1.165) is 25.7 Å². The van der Waals surface area contributed by atoms with Crippen molar-refractivity contribution in [3.05, 3.63) is 0 Å². The topological polar surface area (TPSA) is 63.6 Å². The fraction of sp³-hybridized carbons (Fsp3) is 0.846. The van der Waals surface area contributed by atoms with Gasteiger partial charge >= 0.3 is 5.97 Å². The third-order valence-corrected chi connectivity index (χ3v) is 3.43. The van der Waals surface area contributed by atoms with Crippen LogP contribution >= 0.6 is 0 Å². The molecule has 1 atom stereocenters. The standard InChI is InChI=1S/C13H22O4/c1-13(8-4-6-10-17-12(13)16)11(15)7-3-2-5-9-14/h14H,2-10H2,1H3. The molecule has 0 aromatic rings. The van der Waals surface area contributed by atoms with Gasteiger partial charge in [-0.2, -0.15) is 0 Å². The van der Waals surface area contributed by atoms with Crippen LogP contribution in [0.15, 0.2) is 0 Å². The number of aliphatic hydroxyl groups excluding tert-OH is 1. The van der Waals surface area contributed by atoms with E-state index in [9.17, 15) is 9.59 Å². The second-order valence-electron chi connectivity index (χ2n) is 4.88. The monoisotopic (exact) mass is 242 g/mol. The van der Waals surface area contributed by atoms with Crippen LogP contribution in [0.25, 0.3) is 0 Å². The number of carbonyl (C=O) groups excluding carboxylic acids is 2. The summed E-state index contributed by atoms with van der Waals surface area (Å²) in [5.74, 6) is -0.371. The van der Waals surface area contributed by atoms with Gasteiger partial charge in [-0.3, -0.25) is 9.59 Å². The van der Waals surface area contributed by atoms with E-state index in [1.165, 1.54) is 0 Å². The Hall–Kier alpha value is -0.900. The number of carbonyl (C=O) groups is 2. The summed E-state index contributed by atoms with van der Waals surface area (Å²) >= 11 is 0. The number of hydrogen-bond acceptors (Lipinski definition) is 4. The van der Waals surface area contributed by atoms with Gasteiger partial charge in [0.05, 0.1) is 6.61 Å². The van der Waals surface area contributed by atoms with Crippen molar-refractivity contribution < 1.29 is 19.4 Å². The molecule has 1 aliphatic heterocycles. The zero-order chi connectivity index (χ0) is 12.7. The van der Waals surface area contributed by atoms with Crippen molar-refractivity contribution in [1.82, 2.24) is 0 Å². The lowest BCUT2D eigenvalue weighted by molar-refractivity contribution is -0.158. The highest BCUT2D eigenvalue weighted by molar-refractivity contribution is 6.03. The molecule has 1 heterocycles. The van der Waals surface area contributed by atoms with Gasteiger partial charge in [-0.05, 0) is 39.0 Å². The molecule has 0 aromatic carbocycles. The van der Waals surface area contributed by atoms with E-state index in [1.54, 1.807) is 6.92 Å². The quantitative estimate of drug-likeness (QED) is 0.438. The smallest absolute Gasteiger partial charge is 0.319 e. The Bertz CT molecular complexity index is 275. The summed E-state index contributed by atoms with van der Waals surface area (Å²) in [6.07, 6.45) is 5.00. The van der Waals surface area contributed by atoms with Crippen molar-refractivity contribution in [2.24, 2.45) is 5.41 Å². The summed E-state index contributed by atoms with van der Waals surface area (Å²) < 4.78 is 5.07. The van der Waals surface area contributed by atoms with E-state index in [4.69, 9.17) is 9.84 Å². The first-order valence-electron chi connectivity index (χ1n) is 6.42. The molecule has 98 valence electrons. The lowest BCUT2D eigenvalue weighted by atomic mass is 9.79. The van der Waals surface area contributed by atoms with Crippen molar-refractivity contribution in [1.29, 1.82) is 0 Å². The SMILES string of the molecule is CC1(C(=O)CCCCCO)CCCCOC1=O. The highest BCUT2D eigenvalue weighted by atomic mass is 16.5. The molecule has 4 heteroatoms. The number of rotatable bonds is 6. The Labute approximate surface area is 102 Å². The highest BCUT2D eigenvalue weighted by Crippen LogP contribution is 2.31. The lowest BCUT2D eigenvalue weighted by Crippen LogP contribution is -2.36. The lowest BCUT2D eigenvalue weighted by Gasteiger charge is -2.23. The van der Waals surface area contributed by atoms with Crippen LogP contribution in [0.2, 0.25) is 0 Å². The largest absolute Gasteiger partial charge is 0.465 e. The maximum atomic E-state index is 12.1. The summed E-state index contributed by atoms with van der Waals surface area (Å²) in [5, 5.41) is 8.65. The Morgan fingerprint density at radius 2 is 2.12 bits per heavy atom. The van der Waals surface area contributed by atoms with Gasteiger partial charge in [0.1, 0.15) is 11.2 Å². The number of hydrogen-bond donors (Lipinski definition) is 1. The minimum Gasteiger partial charge on any atom is -0.465 e. The van der Waals surface area contributed by atoms with Gasteiger partial charge < -0.3 is 9.84 Å². The van der Waals surface area contributed by atoms with Gasteiger partial charge in [0.15, 0.2) is 0 Å². The fourth-order valence-corrected chi connectivity index (χ4v) is 2.11. The second-order valence-corrected chi connectivity index (χ2v) is 4.88. The molecule has 1 saturated heterocycles. The first kappa shape index (κ1) is 14.2. The zero-order valence-electron chi connectivity index (χ0n) is 10.5. The summed E-state index contributed by atoms with van der Waals surface area (Å²) in [6, 6.07) is 0. The number of Topliss-reactive ketones (excluding diaryl/α,β-unsaturated/α-hetero) is 1. The molecular formula is C13H22O4. The van der Waals surface area contributed by atoms with E-state index < -0.39 is 5.41 Å². The molecule has 0 amide bonds. The van der Waals surface area contributed by atoms with E-state index in [0.29, 0.717) is 25.9 Å². The highest BCUT2D eigenvalue weighted by Gasteiger charge is 2.42. The maximum Gasteiger partial charge on any atom is 0.319 e. The average Bonchev–Trinajstić information content (AvgIpc) is 2.48. The number of cyclic esters (lactones) is 1. The predicted octanol–water partition coefficient (Wildman–Crippen LogP) is 1.84. The first-order valence-corrected chi connectivity index (χ1v) is 6.42. The molecule has 0 saturated carbocycles. The van der Waals surface area contributed by atoms with Crippen LogP contribution in [-0.4, -0.2) is 30.1 Å². The molecule has 0 aliphatic carbocycles. The number of aliphatic hydroxyl groups is 1. The van der Waals surface area contributed by atoms with E-state index in [1.807, 2.05) is 0 Å². The normalized spacial score (nSPS) is 25.2. The van der Waals surface area contributed by atoms with Gasteiger partial charge in [-0.15, -0.1) is 0 Å². The van der Waals surface area contributed by atoms with Gasteiger partial charge in [-0.1, -0.05) is 6.42 Å². The molecule has 0 bridgehead atoms. The van der Waals surface area contributed by atoms with Crippen molar-refractivity contribution in [2.45, 2.75) is 51.9 Å². The molecule has 0 aromatic heterocycles. The molecule has 1 N–H and O–H groups in total. The zero-order valence-corrected chi connectivity index (χ0v) is 10.5. The van der Waals surface area contributed by atoms with Gasteiger partial charge in [-0.25, -0.2) is 0 Å². The average molecular weight is 242 g/mol. The number of ether oxygens (including phenoxy) is 1. The van der Waals surface area contributed by atoms with Crippen LogP contribution < -0.4 is 0 Å². The van der Waals surface area contributed by atoms with Gasteiger partial charge in [0, 0.05) is 13.0 Å². The molecule has 0 spiro atoms. The number of esters is 1. The van der Waals surface area contributed by atoms with Crippen LogP contribution in [0.4, 0.5) is 0 Å². The third-order valence-electron chi connectivity index (χ3n) is 3.43. The summed E-state index contributed by atoms with van der Waals surface area (Å²) in [6.45, 7) is 2.30. The Morgan fingerprint density at radius 1 is 1.35 bits per heavy atom. The molecule has 17 heavy (non-hydrogen) atoms. The van der Waals surface area contributed by atoms with Crippen LogP contribution in [0.3, 0.4) is 0 Å². The van der Waals surface area contributed by atoms with Crippen LogP contribution in [0.5, 0.6) is 0 Å². The molecular weight excluding hydrogens is 220 g/mol. The minimum absolute atomic E-state index is 0.0117. The van der Waals surface area contributed by atoms with Crippen molar-refractivity contribution >= 4 is 11.8 Å². The summed E-state index contributed by atoms with van der Waals surface area (Å²) in [5.41, 5.74) is -0.935. The maximum absolute atomic E-state index is 12.1. The Kier molecular flexibility index (Phi) is 5.62. The van der Waals surface area contributed by atoms with Crippen molar-refractivity contribution in [3.8, 4) is 0 Å². The fourth-order valence-electron chi connectivity index (χ4n) is 2.11. The van der Waals surface area contributed by atoms with Crippen LogP contribution in [-0.2, 0) is 14.3 Å². The molecule has 1 aliphatic rings. The van der Waals surface area contributed by atoms with E-state index in [2.05, 4.69) is 0 Å². The molecule has 1 unspecified atom stereocenters. The summed E-state index contributed by atoms with van der Waals surface area (Å²) in [7, 11) is 0. The molecule has 1 fully saturated rings. The second kappa shape index (κ2) is 6.74. The molecule has 0 radical (unpaired) electrons. The minimum atomic E-state index is -0.935. The molecule has 1 rings (SSSR count). The third kappa shape index (κ3) is 3.80. The first-order chi connectivity index (χ1) is 8.11. The van der Waals surface area contributed by atoms with Crippen LogP contribution in [0, 0.1) is 5.41 Å². The Balaban J connectivity index is 2.49. The van der Waals surface area contributed by atoms with Gasteiger partial charge in [0.2, 0.25) is 0 Å². The van der Waals surface area contributed by atoms with Crippen LogP contribution in [0.1, 0.15) is 51.9 Å². The number of ketones is 1.